The monoisotopic (exact) mass is 354 g/mol. The van der Waals surface area contributed by atoms with Crippen molar-refractivity contribution in [2.24, 2.45) is 0 Å². The third kappa shape index (κ3) is 3.01. The van der Waals surface area contributed by atoms with E-state index in [1.54, 1.807) is 18.2 Å². The van der Waals surface area contributed by atoms with Crippen molar-refractivity contribution < 1.29 is 5.11 Å². The maximum Gasteiger partial charge on any atom is 0.165 e. The molecule has 1 saturated heterocycles. The van der Waals surface area contributed by atoms with Gasteiger partial charge < -0.3 is 15.3 Å². The van der Waals surface area contributed by atoms with Crippen LogP contribution in [0.15, 0.2) is 42.5 Å². The van der Waals surface area contributed by atoms with Gasteiger partial charge >= 0.3 is 0 Å². The van der Waals surface area contributed by atoms with Crippen LogP contribution in [0.1, 0.15) is 6.42 Å². The minimum absolute atomic E-state index is 0.121. The van der Waals surface area contributed by atoms with E-state index < -0.39 is 0 Å². The number of nitrogens with zero attached hydrogens (tertiary/aromatic N) is 3. The number of aromatic hydroxyl groups is 1. The first-order valence-electron chi connectivity index (χ1n) is 8.33. The Bertz CT molecular complexity index is 924. The van der Waals surface area contributed by atoms with Crippen LogP contribution in [0.3, 0.4) is 0 Å². The zero-order valence-corrected chi connectivity index (χ0v) is 14.7. The van der Waals surface area contributed by atoms with Gasteiger partial charge in [-0.15, -0.1) is 0 Å². The van der Waals surface area contributed by atoms with Crippen molar-refractivity contribution in [2.75, 3.05) is 25.0 Å². The molecule has 128 valence electrons. The molecule has 3 aromatic rings. The van der Waals surface area contributed by atoms with Gasteiger partial charge in [-0.05, 0) is 43.3 Å². The Labute approximate surface area is 151 Å². The van der Waals surface area contributed by atoms with Gasteiger partial charge in [-0.3, -0.25) is 0 Å². The van der Waals surface area contributed by atoms with Gasteiger partial charge in [-0.2, -0.15) is 0 Å². The Morgan fingerprint density at radius 2 is 2.04 bits per heavy atom. The highest BCUT2D eigenvalue weighted by Gasteiger charge is 2.23. The second-order valence-electron chi connectivity index (χ2n) is 6.31. The number of para-hydroxylation sites is 1. The molecular weight excluding hydrogens is 336 g/mol. The summed E-state index contributed by atoms with van der Waals surface area (Å²) in [7, 11) is 2.06. The van der Waals surface area contributed by atoms with E-state index in [1.165, 1.54) is 0 Å². The summed E-state index contributed by atoms with van der Waals surface area (Å²) < 4.78 is 0. The molecule has 2 heterocycles. The van der Waals surface area contributed by atoms with Crippen LogP contribution in [0.25, 0.3) is 22.3 Å². The molecular formula is C19H19ClN4O. The van der Waals surface area contributed by atoms with E-state index in [0.29, 0.717) is 22.5 Å². The van der Waals surface area contributed by atoms with Crippen molar-refractivity contribution in [2.45, 2.75) is 12.5 Å². The van der Waals surface area contributed by atoms with E-state index in [0.717, 1.165) is 36.2 Å². The van der Waals surface area contributed by atoms with Crippen LogP contribution in [-0.4, -0.2) is 41.3 Å². The third-order valence-corrected chi connectivity index (χ3v) is 4.93. The summed E-state index contributed by atoms with van der Waals surface area (Å²) in [6, 6.07) is 13.3. The number of nitrogens with one attached hydrogen (secondary N) is 1. The summed E-state index contributed by atoms with van der Waals surface area (Å²) in [5.74, 6) is 1.47. The standard InChI is InChI=1S/C19H19ClN4O/c1-24(13-8-9-21-11-13)19-14-4-2-3-5-16(14)22-18(23-19)15-10-12(20)6-7-17(15)25/h2-7,10,13,21,25H,8-9,11H2,1H3. The minimum Gasteiger partial charge on any atom is -0.507 e. The summed E-state index contributed by atoms with van der Waals surface area (Å²) in [6.07, 6.45) is 1.08. The number of anilines is 1. The summed E-state index contributed by atoms with van der Waals surface area (Å²) in [5, 5.41) is 15.2. The predicted molar refractivity (Wildman–Crippen MR) is 101 cm³/mol. The summed E-state index contributed by atoms with van der Waals surface area (Å²) >= 11 is 6.11. The smallest absolute Gasteiger partial charge is 0.165 e. The second-order valence-corrected chi connectivity index (χ2v) is 6.74. The lowest BCUT2D eigenvalue weighted by atomic mass is 10.1. The van der Waals surface area contributed by atoms with Crippen LogP contribution in [0.2, 0.25) is 5.02 Å². The first kappa shape index (κ1) is 16.1. The number of phenols is 1. The molecule has 0 radical (unpaired) electrons. The van der Waals surface area contributed by atoms with Crippen LogP contribution in [0.5, 0.6) is 5.75 Å². The molecule has 1 aromatic heterocycles. The Balaban J connectivity index is 1.90. The minimum atomic E-state index is 0.121. The molecule has 1 aliphatic heterocycles. The van der Waals surface area contributed by atoms with Crippen molar-refractivity contribution in [3.05, 3.63) is 47.5 Å². The number of halogens is 1. The zero-order valence-electron chi connectivity index (χ0n) is 13.9. The second kappa shape index (κ2) is 6.50. The molecule has 1 atom stereocenters. The summed E-state index contributed by atoms with van der Waals surface area (Å²) in [4.78, 5) is 11.6. The third-order valence-electron chi connectivity index (χ3n) is 4.70. The van der Waals surface area contributed by atoms with E-state index in [1.807, 2.05) is 24.3 Å². The molecule has 0 aliphatic carbocycles. The van der Waals surface area contributed by atoms with Gasteiger partial charge in [0.1, 0.15) is 11.6 Å². The van der Waals surface area contributed by atoms with Crippen molar-refractivity contribution >= 4 is 28.3 Å². The number of phenolic OH excluding ortho intramolecular Hbond substituents is 1. The van der Waals surface area contributed by atoms with Crippen molar-refractivity contribution in [1.29, 1.82) is 0 Å². The van der Waals surface area contributed by atoms with Crippen LogP contribution in [0, 0.1) is 0 Å². The quantitative estimate of drug-likeness (QED) is 0.754. The number of hydrogen-bond donors (Lipinski definition) is 2. The van der Waals surface area contributed by atoms with Gasteiger partial charge in [0, 0.05) is 30.0 Å². The fourth-order valence-corrected chi connectivity index (χ4v) is 3.45. The van der Waals surface area contributed by atoms with E-state index in [4.69, 9.17) is 16.6 Å². The fraction of sp³-hybridized carbons (Fsp3) is 0.263. The van der Waals surface area contributed by atoms with Crippen LogP contribution in [0.4, 0.5) is 5.82 Å². The lowest BCUT2D eigenvalue weighted by Gasteiger charge is -2.26. The predicted octanol–water partition coefficient (Wildman–Crippen LogP) is 3.45. The Morgan fingerprint density at radius 3 is 2.84 bits per heavy atom. The Kier molecular flexibility index (Phi) is 4.19. The summed E-state index contributed by atoms with van der Waals surface area (Å²) in [6.45, 7) is 1.95. The zero-order chi connectivity index (χ0) is 17.4. The van der Waals surface area contributed by atoms with Gasteiger partial charge in [0.05, 0.1) is 11.1 Å². The van der Waals surface area contributed by atoms with Crippen molar-refractivity contribution in [1.82, 2.24) is 15.3 Å². The van der Waals surface area contributed by atoms with E-state index >= 15 is 0 Å². The van der Waals surface area contributed by atoms with Gasteiger partial charge in [-0.1, -0.05) is 23.7 Å². The number of aromatic nitrogens is 2. The lowest BCUT2D eigenvalue weighted by Crippen LogP contribution is -2.34. The number of benzene rings is 2. The van der Waals surface area contributed by atoms with Crippen LogP contribution < -0.4 is 10.2 Å². The van der Waals surface area contributed by atoms with Gasteiger partial charge in [0.2, 0.25) is 0 Å². The number of hydrogen-bond acceptors (Lipinski definition) is 5. The van der Waals surface area contributed by atoms with E-state index in [-0.39, 0.29) is 5.75 Å². The average molecular weight is 355 g/mol. The lowest BCUT2D eigenvalue weighted by molar-refractivity contribution is 0.477. The first-order chi connectivity index (χ1) is 12.1. The number of fused-ring (bicyclic) bond motifs is 1. The molecule has 1 fully saturated rings. The molecule has 0 bridgehead atoms. The molecule has 25 heavy (non-hydrogen) atoms. The average Bonchev–Trinajstić information content (AvgIpc) is 3.17. The van der Waals surface area contributed by atoms with Crippen LogP contribution >= 0.6 is 11.6 Å². The Hall–Kier alpha value is -2.37. The largest absolute Gasteiger partial charge is 0.507 e. The number of likely N-dealkylation sites (N-methyl/N-ethyl adjacent to an activating group) is 1. The molecule has 2 N–H and O–H groups in total. The first-order valence-corrected chi connectivity index (χ1v) is 8.70. The highest BCUT2D eigenvalue weighted by molar-refractivity contribution is 6.30. The fourth-order valence-electron chi connectivity index (χ4n) is 3.28. The van der Waals surface area contributed by atoms with Crippen LogP contribution in [-0.2, 0) is 0 Å². The number of rotatable bonds is 3. The molecule has 0 amide bonds. The van der Waals surface area contributed by atoms with Crippen molar-refractivity contribution in [3.63, 3.8) is 0 Å². The SMILES string of the molecule is CN(c1nc(-c2cc(Cl)ccc2O)nc2ccccc12)C1CCNC1. The molecule has 2 aromatic carbocycles. The van der Waals surface area contributed by atoms with Gasteiger partial charge in [0.25, 0.3) is 0 Å². The van der Waals surface area contributed by atoms with Gasteiger partial charge in [0.15, 0.2) is 5.82 Å². The topological polar surface area (TPSA) is 61.3 Å². The molecule has 1 unspecified atom stereocenters. The Morgan fingerprint density at radius 1 is 1.20 bits per heavy atom. The van der Waals surface area contributed by atoms with E-state index in [9.17, 15) is 5.11 Å². The van der Waals surface area contributed by atoms with E-state index in [2.05, 4.69) is 22.2 Å². The molecule has 0 spiro atoms. The maximum atomic E-state index is 10.2. The maximum absolute atomic E-state index is 10.2. The highest BCUT2D eigenvalue weighted by atomic mass is 35.5. The molecule has 6 heteroatoms. The molecule has 5 nitrogen and oxygen atoms in total. The van der Waals surface area contributed by atoms with Gasteiger partial charge in [-0.25, -0.2) is 9.97 Å². The van der Waals surface area contributed by atoms with Crippen molar-refractivity contribution in [3.8, 4) is 17.1 Å². The highest BCUT2D eigenvalue weighted by Crippen LogP contribution is 2.33. The molecule has 4 rings (SSSR count). The molecule has 0 saturated carbocycles. The normalized spacial score (nSPS) is 17.1. The molecule has 1 aliphatic rings. The summed E-state index contributed by atoms with van der Waals surface area (Å²) in [5.41, 5.74) is 1.39.